The van der Waals surface area contributed by atoms with Crippen molar-refractivity contribution in [3.05, 3.63) is 24.0 Å². The first-order valence-corrected chi connectivity index (χ1v) is 2.69. The predicted molar refractivity (Wildman–Crippen MR) is 33.8 cm³/mol. The summed E-state index contributed by atoms with van der Waals surface area (Å²) in [6, 6.07) is 0. The van der Waals surface area contributed by atoms with Crippen molar-refractivity contribution in [3.8, 4) is 0 Å². The van der Waals surface area contributed by atoms with Crippen LogP contribution in [0.4, 0.5) is 0 Å². The molecule has 0 aliphatic carbocycles. The van der Waals surface area contributed by atoms with Crippen LogP contribution in [0.2, 0.25) is 0 Å². The minimum absolute atomic E-state index is 1.03. The molecule has 2 heterocycles. The summed E-state index contributed by atoms with van der Waals surface area (Å²) in [6.45, 7) is 0. The minimum Gasteiger partial charge on any atom is -0.286 e. The SMILES string of the molecule is C1=CNN2NN=CC2=C1. The highest BCUT2D eigenvalue weighted by Crippen LogP contribution is 2.03. The van der Waals surface area contributed by atoms with Gasteiger partial charge in [-0.05, 0) is 12.2 Å². The van der Waals surface area contributed by atoms with Crippen molar-refractivity contribution in [3.63, 3.8) is 0 Å². The van der Waals surface area contributed by atoms with Crippen LogP contribution in [-0.2, 0) is 0 Å². The Labute approximate surface area is 52.5 Å². The van der Waals surface area contributed by atoms with Gasteiger partial charge < -0.3 is 0 Å². The highest BCUT2D eigenvalue weighted by Gasteiger charge is 2.10. The van der Waals surface area contributed by atoms with Gasteiger partial charge >= 0.3 is 0 Å². The van der Waals surface area contributed by atoms with Gasteiger partial charge in [-0.2, -0.15) is 15.8 Å². The van der Waals surface area contributed by atoms with Crippen molar-refractivity contribution in [1.29, 1.82) is 0 Å². The van der Waals surface area contributed by atoms with E-state index in [0.717, 1.165) is 5.70 Å². The van der Waals surface area contributed by atoms with Crippen LogP contribution >= 0.6 is 0 Å². The van der Waals surface area contributed by atoms with Gasteiger partial charge in [0.2, 0.25) is 0 Å². The van der Waals surface area contributed by atoms with Gasteiger partial charge in [0.15, 0.2) is 0 Å². The summed E-state index contributed by atoms with van der Waals surface area (Å²) in [6.07, 6.45) is 7.45. The molecule has 2 aliphatic rings. The zero-order valence-corrected chi connectivity index (χ0v) is 4.70. The molecule has 2 N–H and O–H groups in total. The second kappa shape index (κ2) is 1.51. The van der Waals surface area contributed by atoms with Crippen LogP contribution in [0.25, 0.3) is 0 Å². The van der Waals surface area contributed by atoms with Crippen LogP contribution in [0.5, 0.6) is 0 Å². The van der Waals surface area contributed by atoms with E-state index in [2.05, 4.69) is 16.1 Å². The van der Waals surface area contributed by atoms with Gasteiger partial charge in [-0.3, -0.25) is 5.43 Å². The van der Waals surface area contributed by atoms with E-state index in [4.69, 9.17) is 0 Å². The van der Waals surface area contributed by atoms with Gasteiger partial charge in [-0.15, -0.1) is 0 Å². The Morgan fingerprint density at radius 1 is 1.56 bits per heavy atom. The van der Waals surface area contributed by atoms with Crippen LogP contribution in [0.3, 0.4) is 0 Å². The summed E-state index contributed by atoms with van der Waals surface area (Å²) >= 11 is 0. The van der Waals surface area contributed by atoms with Crippen molar-refractivity contribution >= 4 is 6.21 Å². The first-order chi connectivity index (χ1) is 4.47. The molecule has 4 nitrogen and oxygen atoms in total. The summed E-state index contributed by atoms with van der Waals surface area (Å²) in [5, 5.41) is 5.53. The number of hydrogen-bond acceptors (Lipinski definition) is 4. The monoisotopic (exact) mass is 122 g/mol. The highest BCUT2D eigenvalue weighted by molar-refractivity contribution is 5.79. The molecule has 46 valence electrons. The molecule has 0 aromatic carbocycles. The van der Waals surface area contributed by atoms with E-state index in [1.807, 2.05) is 18.4 Å². The van der Waals surface area contributed by atoms with Crippen LogP contribution in [0, 0.1) is 0 Å². The van der Waals surface area contributed by atoms with Crippen molar-refractivity contribution < 1.29 is 0 Å². The topological polar surface area (TPSA) is 39.7 Å². The molecule has 0 bridgehead atoms. The Balaban J connectivity index is 2.31. The second-order valence-electron chi connectivity index (χ2n) is 1.77. The molecule has 0 fully saturated rings. The van der Waals surface area contributed by atoms with E-state index in [1.165, 1.54) is 0 Å². The summed E-state index contributed by atoms with van der Waals surface area (Å²) < 4.78 is 0. The van der Waals surface area contributed by atoms with E-state index >= 15 is 0 Å². The lowest BCUT2D eigenvalue weighted by atomic mass is 10.4. The summed E-state index contributed by atoms with van der Waals surface area (Å²) in [4.78, 5) is 0. The number of nitrogens with zero attached hydrogens (tertiary/aromatic N) is 2. The quantitative estimate of drug-likeness (QED) is 0.463. The van der Waals surface area contributed by atoms with E-state index in [-0.39, 0.29) is 0 Å². The number of fused-ring (bicyclic) bond motifs is 1. The standard InChI is InChI=1S/C5H6N4/c1-2-5-4-6-8-9(5)7-3-1/h1-4,7-8H. The molecule has 0 unspecified atom stereocenters. The fourth-order valence-corrected chi connectivity index (χ4v) is 0.753. The van der Waals surface area contributed by atoms with Gasteiger partial charge in [0.25, 0.3) is 0 Å². The molecule has 0 amide bonds. The number of rotatable bonds is 0. The first-order valence-electron chi connectivity index (χ1n) is 2.69. The molecule has 0 atom stereocenters. The van der Waals surface area contributed by atoms with E-state index < -0.39 is 0 Å². The van der Waals surface area contributed by atoms with Crippen molar-refractivity contribution in [2.75, 3.05) is 0 Å². The van der Waals surface area contributed by atoms with Gasteiger partial charge in [-0.25, -0.2) is 0 Å². The molecule has 0 saturated heterocycles. The normalized spacial score (nSPS) is 20.4. The minimum atomic E-state index is 1.03. The molecular weight excluding hydrogens is 116 g/mol. The number of hydrazine groups is 2. The Kier molecular flexibility index (Phi) is 0.745. The number of hydrogen-bond donors (Lipinski definition) is 2. The molecule has 0 saturated carbocycles. The van der Waals surface area contributed by atoms with Crippen molar-refractivity contribution in [2.45, 2.75) is 0 Å². The Bertz CT molecular complexity index is 203. The zero-order chi connectivity index (χ0) is 6.10. The molecular formula is C5H6N4. The first kappa shape index (κ1) is 4.43. The zero-order valence-electron chi connectivity index (χ0n) is 4.70. The molecule has 0 aromatic rings. The lowest BCUT2D eigenvalue weighted by Gasteiger charge is -2.19. The number of hydrazone groups is 1. The largest absolute Gasteiger partial charge is 0.286 e. The number of allylic oxidation sites excluding steroid dienone is 3. The predicted octanol–water partition coefficient (Wildman–Crippen LogP) is -0.292. The molecule has 0 radical (unpaired) electrons. The van der Waals surface area contributed by atoms with Crippen molar-refractivity contribution in [1.82, 2.24) is 16.1 Å². The molecule has 0 spiro atoms. The van der Waals surface area contributed by atoms with Gasteiger partial charge in [0.1, 0.15) is 5.70 Å². The fraction of sp³-hybridized carbons (Fsp3) is 0. The van der Waals surface area contributed by atoms with Gasteiger partial charge in [0, 0.05) is 6.20 Å². The lowest BCUT2D eigenvalue weighted by molar-refractivity contribution is 0.226. The maximum absolute atomic E-state index is 3.81. The third kappa shape index (κ3) is 0.561. The molecule has 4 heteroatoms. The van der Waals surface area contributed by atoms with Crippen LogP contribution in [-0.4, -0.2) is 11.3 Å². The Morgan fingerprint density at radius 2 is 2.56 bits per heavy atom. The smallest absolute Gasteiger partial charge is 0.103 e. The highest BCUT2D eigenvalue weighted by atomic mass is 15.8. The van der Waals surface area contributed by atoms with Gasteiger partial charge in [-0.1, -0.05) is 0 Å². The van der Waals surface area contributed by atoms with E-state index in [1.54, 1.807) is 11.3 Å². The molecule has 9 heavy (non-hydrogen) atoms. The van der Waals surface area contributed by atoms with Crippen LogP contribution in [0.1, 0.15) is 0 Å². The maximum atomic E-state index is 3.81. The lowest BCUT2D eigenvalue weighted by Crippen LogP contribution is -2.39. The van der Waals surface area contributed by atoms with E-state index in [0.29, 0.717) is 0 Å². The second-order valence-corrected chi connectivity index (χ2v) is 1.77. The third-order valence-electron chi connectivity index (χ3n) is 1.18. The van der Waals surface area contributed by atoms with Gasteiger partial charge in [0.05, 0.1) is 6.21 Å². The Morgan fingerprint density at radius 3 is 3.44 bits per heavy atom. The summed E-state index contributed by atoms with van der Waals surface area (Å²) in [5.41, 5.74) is 6.69. The summed E-state index contributed by atoms with van der Waals surface area (Å²) in [7, 11) is 0. The fourth-order valence-electron chi connectivity index (χ4n) is 0.753. The van der Waals surface area contributed by atoms with E-state index in [9.17, 15) is 0 Å². The average molecular weight is 122 g/mol. The maximum Gasteiger partial charge on any atom is 0.103 e. The van der Waals surface area contributed by atoms with Crippen LogP contribution in [0.15, 0.2) is 29.2 Å². The average Bonchev–Trinajstić information content (AvgIpc) is 2.33. The molecule has 0 aromatic heterocycles. The number of nitrogens with one attached hydrogen (secondary N) is 2. The molecule has 2 rings (SSSR count). The summed E-state index contributed by atoms with van der Waals surface area (Å²) in [5.74, 6) is 0. The van der Waals surface area contributed by atoms with Crippen LogP contribution < -0.4 is 11.0 Å². The molecule has 2 aliphatic heterocycles. The Hall–Kier alpha value is -1.45. The third-order valence-corrected chi connectivity index (χ3v) is 1.18. The van der Waals surface area contributed by atoms with Crippen molar-refractivity contribution in [2.24, 2.45) is 5.10 Å².